The molecule has 1 atom stereocenters. The van der Waals surface area contributed by atoms with Crippen molar-refractivity contribution in [2.24, 2.45) is 0 Å². The Morgan fingerprint density at radius 2 is 2.11 bits per heavy atom. The van der Waals surface area contributed by atoms with Crippen molar-refractivity contribution in [3.63, 3.8) is 0 Å². The summed E-state index contributed by atoms with van der Waals surface area (Å²) in [5.74, 6) is -0.758. The molecule has 0 bridgehead atoms. The molecule has 0 aromatic carbocycles. The van der Waals surface area contributed by atoms with Gasteiger partial charge in [0.15, 0.2) is 0 Å². The van der Waals surface area contributed by atoms with Crippen LogP contribution < -0.4 is 10.6 Å². The molecule has 1 saturated heterocycles. The van der Waals surface area contributed by atoms with Crippen LogP contribution in [0.15, 0.2) is 0 Å². The van der Waals surface area contributed by atoms with E-state index in [1.54, 1.807) is 0 Å². The first-order chi connectivity index (χ1) is 8.58. The van der Waals surface area contributed by atoms with Gasteiger partial charge in [-0.15, -0.1) is 0 Å². The lowest BCUT2D eigenvalue weighted by Gasteiger charge is -2.13. The van der Waals surface area contributed by atoms with Crippen molar-refractivity contribution < 1.29 is 14.7 Å². The van der Waals surface area contributed by atoms with Gasteiger partial charge in [-0.05, 0) is 32.9 Å². The van der Waals surface area contributed by atoms with Gasteiger partial charge in [0.05, 0.1) is 0 Å². The second kappa shape index (κ2) is 7.92. The van der Waals surface area contributed by atoms with Crippen molar-refractivity contribution in [1.82, 2.24) is 15.5 Å². The van der Waals surface area contributed by atoms with Crippen LogP contribution in [0.2, 0.25) is 0 Å². The fraction of sp³-hybridized carbons (Fsp3) is 0.833. The molecule has 1 aliphatic heterocycles. The molecule has 2 amide bonds. The molecule has 104 valence electrons. The lowest BCUT2D eigenvalue weighted by molar-refractivity contribution is -0.137. The van der Waals surface area contributed by atoms with Crippen LogP contribution in [0.5, 0.6) is 0 Å². The summed E-state index contributed by atoms with van der Waals surface area (Å²) >= 11 is 0. The molecule has 0 aromatic rings. The van der Waals surface area contributed by atoms with Crippen molar-refractivity contribution in [1.29, 1.82) is 0 Å². The van der Waals surface area contributed by atoms with Gasteiger partial charge in [0.2, 0.25) is 0 Å². The second-order valence-electron chi connectivity index (χ2n) is 4.85. The van der Waals surface area contributed by atoms with Crippen molar-refractivity contribution in [2.75, 3.05) is 26.7 Å². The molecule has 0 radical (unpaired) electrons. The summed E-state index contributed by atoms with van der Waals surface area (Å²) in [7, 11) is 2.04. The van der Waals surface area contributed by atoms with Crippen LogP contribution >= 0.6 is 0 Å². The van der Waals surface area contributed by atoms with E-state index in [1.807, 2.05) is 7.05 Å². The normalized spacial score (nSPS) is 19.7. The van der Waals surface area contributed by atoms with Crippen LogP contribution in [-0.2, 0) is 4.79 Å². The predicted octanol–water partition coefficient (Wildman–Crippen LogP) is 0.635. The van der Waals surface area contributed by atoms with Gasteiger partial charge in [-0.1, -0.05) is 6.42 Å². The van der Waals surface area contributed by atoms with Crippen LogP contribution in [0.1, 0.15) is 32.1 Å². The zero-order valence-electron chi connectivity index (χ0n) is 10.9. The standard InChI is InChI=1S/C12H23N3O3/c1-15-8-6-10(9-15)14-12(18)13-7-4-2-3-5-11(16)17/h10H,2-9H2,1H3,(H,16,17)(H2,13,14,18). The maximum atomic E-state index is 11.5. The largest absolute Gasteiger partial charge is 0.481 e. The van der Waals surface area contributed by atoms with Crippen LogP contribution in [0.4, 0.5) is 4.79 Å². The molecule has 3 N–H and O–H groups in total. The van der Waals surface area contributed by atoms with Crippen molar-refractivity contribution in [2.45, 2.75) is 38.1 Å². The Hall–Kier alpha value is -1.30. The highest BCUT2D eigenvalue weighted by Crippen LogP contribution is 2.05. The number of unbranched alkanes of at least 4 members (excludes halogenated alkanes) is 2. The van der Waals surface area contributed by atoms with Crippen LogP contribution in [0.3, 0.4) is 0 Å². The number of carbonyl (C=O) groups excluding carboxylic acids is 1. The fourth-order valence-electron chi connectivity index (χ4n) is 2.07. The number of likely N-dealkylation sites (tertiary alicyclic amines) is 1. The van der Waals surface area contributed by atoms with E-state index in [-0.39, 0.29) is 18.5 Å². The Morgan fingerprint density at radius 1 is 1.33 bits per heavy atom. The zero-order valence-corrected chi connectivity index (χ0v) is 10.9. The Bertz CT molecular complexity index is 284. The highest BCUT2D eigenvalue weighted by atomic mass is 16.4. The monoisotopic (exact) mass is 257 g/mol. The topological polar surface area (TPSA) is 81.7 Å². The Labute approximate surface area is 108 Å². The molecule has 0 aliphatic carbocycles. The molecule has 1 heterocycles. The average molecular weight is 257 g/mol. The first kappa shape index (κ1) is 14.8. The molecule has 0 spiro atoms. The third-order valence-electron chi connectivity index (χ3n) is 3.08. The summed E-state index contributed by atoms with van der Waals surface area (Å²) in [6.45, 7) is 2.54. The van der Waals surface area contributed by atoms with E-state index < -0.39 is 5.97 Å². The Balaban J connectivity index is 1.95. The minimum Gasteiger partial charge on any atom is -0.481 e. The molecular formula is C12H23N3O3. The molecule has 0 aromatic heterocycles. The van der Waals surface area contributed by atoms with Crippen LogP contribution in [0.25, 0.3) is 0 Å². The molecule has 6 heteroatoms. The summed E-state index contributed by atoms with van der Waals surface area (Å²) in [6.07, 6.45) is 3.54. The predicted molar refractivity (Wildman–Crippen MR) is 68.5 cm³/mol. The van der Waals surface area contributed by atoms with E-state index in [0.717, 1.165) is 32.4 Å². The number of amides is 2. The minimum absolute atomic E-state index is 0.117. The first-order valence-corrected chi connectivity index (χ1v) is 6.52. The number of rotatable bonds is 7. The van der Waals surface area contributed by atoms with Gasteiger partial charge in [0, 0.05) is 25.6 Å². The number of hydrogen-bond acceptors (Lipinski definition) is 3. The number of nitrogens with one attached hydrogen (secondary N) is 2. The molecule has 1 rings (SSSR count). The number of likely N-dealkylation sites (N-methyl/N-ethyl adjacent to an activating group) is 1. The minimum atomic E-state index is -0.758. The van der Waals surface area contributed by atoms with Gasteiger partial charge >= 0.3 is 12.0 Å². The molecule has 1 unspecified atom stereocenters. The fourth-order valence-corrected chi connectivity index (χ4v) is 2.07. The second-order valence-corrected chi connectivity index (χ2v) is 4.85. The lowest BCUT2D eigenvalue weighted by atomic mass is 10.2. The summed E-state index contributed by atoms with van der Waals surface area (Å²) in [5.41, 5.74) is 0. The smallest absolute Gasteiger partial charge is 0.315 e. The van der Waals surface area contributed by atoms with E-state index in [9.17, 15) is 9.59 Å². The van der Waals surface area contributed by atoms with Crippen LogP contribution in [0, 0.1) is 0 Å². The number of urea groups is 1. The molecule has 18 heavy (non-hydrogen) atoms. The van der Waals surface area contributed by atoms with E-state index in [0.29, 0.717) is 13.0 Å². The van der Waals surface area contributed by atoms with Gasteiger partial charge in [-0.2, -0.15) is 0 Å². The third kappa shape index (κ3) is 6.44. The molecular weight excluding hydrogens is 234 g/mol. The number of carbonyl (C=O) groups is 2. The average Bonchev–Trinajstić information content (AvgIpc) is 2.68. The van der Waals surface area contributed by atoms with Gasteiger partial charge < -0.3 is 20.6 Å². The number of nitrogens with zero attached hydrogens (tertiary/aromatic N) is 1. The summed E-state index contributed by atoms with van der Waals surface area (Å²) in [5, 5.41) is 14.2. The summed E-state index contributed by atoms with van der Waals surface area (Å²) in [4.78, 5) is 24.0. The van der Waals surface area contributed by atoms with Crippen LogP contribution in [-0.4, -0.2) is 54.7 Å². The number of aliphatic carboxylic acids is 1. The van der Waals surface area contributed by atoms with Crippen molar-refractivity contribution in [3.8, 4) is 0 Å². The molecule has 1 fully saturated rings. The maximum absolute atomic E-state index is 11.5. The third-order valence-corrected chi connectivity index (χ3v) is 3.08. The van der Waals surface area contributed by atoms with Gasteiger partial charge in [0.1, 0.15) is 0 Å². The van der Waals surface area contributed by atoms with E-state index in [2.05, 4.69) is 15.5 Å². The highest BCUT2D eigenvalue weighted by molar-refractivity contribution is 5.74. The number of hydrogen-bond donors (Lipinski definition) is 3. The van der Waals surface area contributed by atoms with E-state index >= 15 is 0 Å². The maximum Gasteiger partial charge on any atom is 0.315 e. The van der Waals surface area contributed by atoms with E-state index in [4.69, 9.17) is 5.11 Å². The van der Waals surface area contributed by atoms with Gasteiger partial charge in [-0.25, -0.2) is 4.79 Å². The highest BCUT2D eigenvalue weighted by Gasteiger charge is 2.20. The van der Waals surface area contributed by atoms with Crippen molar-refractivity contribution >= 4 is 12.0 Å². The zero-order chi connectivity index (χ0) is 13.4. The summed E-state index contributed by atoms with van der Waals surface area (Å²) in [6, 6.07) is 0.135. The molecule has 6 nitrogen and oxygen atoms in total. The SMILES string of the molecule is CN1CCC(NC(=O)NCCCCCC(=O)O)C1. The Morgan fingerprint density at radius 3 is 2.72 bits per heavy atom. The number of carboxylic acid groups (broad SMARTS) is 1. The number of carboxylic acids is 1. The molecule has 1 aliphatic rings. The van der Waals surface area contributed by atoms with E-state index in [1.165, 1.54) is 0 Å². The Kier molecular flexibility index (Phi) is 6.49. The molecule has 0 saturated carbocycles. The quantitative estimate of drug-likeness (QED) is 0.584. The van der Waals surface area contributed by atoms with Gasteiger partial charge in [0.25, 0.3) is 0 Å². The van der Waals surface area contributed by atoms with Gasteiger partial charge in [-0.3, -0.25) is 4.79 Å². The first-order valence-electron chi connectivity index (χ1n) is 6.52. The van der Waals surface area contributed by atoms with Crippen molar-refractivity contribution in [3.05, 3.63) is 0 Å². The lowest BCUT2D eigenvalue weighted by Crippen LogP contribution is -2.43. The summed E-state index contributed by atoms with van der Waals surface area (Å²) < 4.78 is 0.